The van der Waals surface area contributed by atoms with E-state index in [0.29, 0.717) is 32.5 Å². The molecule has 1 aliphatic heterocycles. The normalized spacial score (nSPS) is 17.1. The van der Waals surface area contributed by atoms with E-state index < -0.39 is 6.04 Å². The average molecular weight is 514 g/mol. The molecule has 10 heteroatoms. The summed E-state index contributed by atoms with van der Waals surface area (Å²) in [5.41, 5.74) is 5.37. The summed E-state index contributed by atoms with van der Waals surface area (Å²) in [6.07, 6.45) is 4.83. The van der Waals surface area contributed by atoms with Crippen molar-refractivity contribution >= 4 is 35.3 Å². The molecule has 3 amide bonds. The lowest BCUT2D eigenvalue weighted by molar-refractivity contribution is -0.138. The zero-order valence-corrected chi connectivity index (χ0v) is 21.4. The molecule has 2 fully saturated rings. The summed E-state index contributed by atoms with van der Waals surface area (Å²) in [4.78, 5) is 40.6. The third-order valence-electron chi connectivity index (χ3n) is 6.36. The first kappa shape index (κ1) is 27.3. The number of benzene rings is 1. The lowest BCUT2D eigenvalue weighted by Gasteiger charge is -2.24. The quantitative estimate of drug-likeness (QED) is 0.270. The van der Waals surface area contributed by atoms with Gasteiger partial charge in [0.25, 0.3) is 0 Å². The minimum absolute atomic E-state index is 0.0622. The van der Waals surface area contributed by atoms with E-state index in [2.05, 4.69) is 16.4 Å². The second kappa shape index (κ2) is 13.2. The van der Waals surface area contributed by atoms with Crippen molar-refractivity contribution in [1.82, 2.24) is 15.5 Å². The lowest BCUT2D eigenvalue weighted by Crippen LogP contribution is -2.48. The first-order valence-electron chi connectivity index (χ1n) is 12.2. The number of nitrogens with one attached hydrogen (secondary N) is 3. The van der Waals surface area contributed by atoms with Gasteiger partial charge in [0.1, 0.15) is 11.8 Å². The van der Waals surface area contributed by atoms with Gasteiger partial charge in [-0.15, -0.1) is 11.3 Å². The van der Waals surface area contributed by atoms with Crippen LogP contribution in [0.5, 0.6) is 5.75 Å². The summed E-state index contributed by atoms with van der Waals surface area (Å²) in [6, 6.07) is 10.8. The Bertz CT molecular complexity index is 1040. The second-order valence-electron chi connectivity index (χ2n) is 8.99. The van der Waals surface area contributed by atoms with E-state index in [0.717, 1.165) is 29.0 Å². The van der Waals surface area contributed by atoms with Crippen LogP contribution in [0.1, 0.15) is 42.5 Å². The van der Waals surface area contributed by atoms with Crippen molar-refractivity contribution in [2.75, 3.05) is 26.7 Å². The fourth-order valence-electron chi connectivity index (χ4n) is 4.25. The SMILES string of the molecule is CN.N=Cc1csc(CNC(=O)C2CC3(CC3)CN2C(=O)CNC(=O)CCCOc2ccccc2)c1. The van der Waals surface area contributed by atoms with Gasteiger partial charge in [0.2, 0.25) is 17.7 Å². The number of rotatable bonds is 11. The third kappa shape index (κ3) is 7.63. The summed E-state index contributed by atoms with van der Waals surface area (Å²) in [6.45, 7) is 1.27. The van der Waals surface area contributed by atoms with Gasteiger partial charge in [-0.3, -0.25) is 14.4 Å². The number of para-hydroxylation sites is 1. The summed E-state index contributed by atoms with van der Waals surface area (Å²) in [7, 11) is 1.50. The molecule has 1 unspecified atom stereocenters. The first-order chi connectivity index (χ1) is 17.5. The van der Waals surface area contributed by atoms with Gasteiger partial charge in [-0.2, -0.15) is 0 Å². The van der Waals surface area contributed by atoms with Crippen LogP contribution in [-0.4, -0.2) is 61.6 Å². The summed E-state index contributed by atoms with van der Waals surface area (Å²) in [5, 5.41) is 14.8. The lowest BCUT2D eigenvalue weighted by atomic mass is 10.0. The molecule has 1 saturated heterocycles. The molecule has 0 bridgehead atoms. The molecule has 194 valence electrons. The van der Waals surface area contributed by atoms with Gasteiger partial charge in [-0.25, -0.2) is 0 Å². The third-order valence-corrected chi connectivity index (χ3v) is 7.32. The topological polar surface area (TPSA) is 138 Å². The van der Waals surface area contributed by atoms with Crippen molar-refractivity contribution in [2.24, 2.45) is 11.1 Å². The Balaban J connectivity index is 0.00000176. The molecule has 2 aliphatic rings. The number of carbonyl (C=O) groups is 3. The van der Waals surface area contributed by atoms with Crippen LogP contribution in [0, 0.1) is 10.8 Å². The zero-order chi connectivity index (χ0) is 26.0. The predicted octanol–water partition coefficient (Wildman–Crippen LogP) is 2.29. The number of nitrogens with two attached hydrogens (primary N) is 1. The maximum Gasteiger partial charge on any atom is 0.243 e. The molecule has 5 N–H and O–H groups in total. The van der Waals surface area contributed by atoms with E-state index in [9.17, 15) is 14.4 Å². The van der Waals surface area contributed by atoms with Crippen LogP contribution >= 0.6 is 11.3 Å². The molecule has 4 rings (SSSR count). The number of amides is 3. The van der Waals surface area contributed by atoms with Crippen LogP contribution in [0.4, 0.5) is 0 Å². The molecule has 0 radical (unpaired) electrons. The highest BCUT2D eigenvalue weighted by Crippen LogP contribution is 2.54. The van der Waals surface area contributed by atoms with Crippen molar-refractivity contribution in [3.63, 3.8) is 0 Å². The molecule has 1 spiro atoms. The zero-order valence-electron chi connectivity index (χ0n) is 20.6. The Morgan fingerprint density at radius 3 is 2.64 bits per heavy atom. The minimum Gasteiger partial charge on any atom is -0.494 e. The van der Waals surface area contributed by atoms with E-state index in [1.54, 1.807) is 4.90 Å². The number of hydrogen-bond donors (Lipinski definition) is 4. The smallest absolute Gasteiger partial charge is 0.243 e. The van der Waals surface area contributed by atoms with Gasteiger partial charge in [0.15, 0.2) is 0 Å². The number of thiophene rings is 1. The standard InChI is InChI=1S/C25H30N4O4S.CH5N/c26-13-18-11-20(34-16-18)14-28-24(32)21-12-25(8-9-25)17-29(21)23(31)15-27-22(30)7-4-10-33-19-5-2-1-3-6-19;1-2/h1-3,5-6,11,13,16,21,26H,4,7-10,12,14-15,17H2,(H,27,30)(H,28,32);2H2,1H3. The van der Waals surface area contributed by atoms with E-state index >= 15 is 0 Å². The van der Waals surface area contributed by atoms with Crippen molar-refractivity contribution in [3.8, 4) is 5.75 Å². The Morgan fingerprint density at radius 1 is 1.22 bits per heavy atom. The molecular formula is C26H35N5O4S. The van der Waals surface area contributed by atoms with Crippen molar-refractivity contribution < 1.29 is 19.1 Å². The number of likely N-dealkylation sites (tertiary alicyclic amines) is 1. The molecule has 2 heterocycles. The van der Waals surface area contributed by atoms with Gasteiger partial charge in [0, 0.05) is 29.6 Å². The average Bonchev–Trinajstić information content (AvgIpc) is 3.33. The number of hydrogen-bond acceptors (Lipinski definition) is 7. The van der Waals surface area contributed by atoms with E-state index in [1.807, 2.05) is 41.8 Å². The number of nitrogens with zero attached hydrogens (tertiary/aromatic N) is 1. The van der Waals surface area contributed by atoms with Gasteiger partial charge in [0.05, 0.1) is 19.7 Å². The highest BCUT2D eigenvalue weighted by atomic mass is 32.1. The molecule has 1 aliphatic carbocycles. The number of ether oxygens (including phenoxy) is 1. The molecule has 1 aromatic carbocycles. The Hall–Kier alpha value is -3.24. The summed E-state index contributed by atoms with van der Waals surface area (Å²) < 4.78 is 5.59. The van der Waals surface area contributed by atoms with Crippen molar-refractivity contribution in [1.29, 1.82) is 5.41 Å². The van der Waals surface area contributed by atoms with Crippen LogP contribution in [0.3, 0.4) is 0 Å². The Labute approximate surface area is 215 Å². The van der Waals surface area contributed by atoms with Crippen LogP contribution < -0.4 is 21.1 Å². The fraction of sp³-hybridized carbons (Fsp3) is 0.462. The highest BCUT2D eigenvalue weighted by Gasteiger charge is 2.55. The Kier molecular flexibility index (Phi) is 10.0. The van der Waals surface area contributed by atoms with Crippen LogP contribution in [-0.2, 0) is 20.9 Å². The van der Waals surface area contributed by atoms with Crippen LogP contribution in [0.2, 0.25) is 0 Å². The first-order valence-corrected chi connectivity index (χ1v) is 13.0. The number of carbonyl (C=O) groups excluding carboxylic acids is 3. The van der Waals surface area contributed by atoms with E-state index in [1.165, 1.54) is 24.6 Å². The molecule has 9 nitrogen and oxygen atoms in total. The molecule has 2 aromatic rings. The molecule has 1 aromatic heterocycles. The van der Waals surface area contributed by atoms with E-state index in [4.69, 9.17) is 10.1 Å². The second-order valence-corrected chi connectivity index (χ2v) is 9.99. The Morgan fingerprint density at radius 2 is 1.97 bits per heavy atom. The van der Waals surface area contributed by atoms with Gasteiger partial charge in [-0.1, -0.05) is 18.2 Å². The van der Waals surface area contributed by atoms with Gasteiger partial charge >= 0.3 is 0 Å². The minimum atomic E-state index is -0.506. The fourth-order valence-corrected chi connectivity index (χ4v) is 5.04. The maximum atomic E-state index is 12.9. The van der Waals surface area contributed by atoms with Crippen LogP contribution in [0.15, 0.2) is 41.8 Å². The van der Waals surface area contributed by atoms with Crippen LogP contribution in [0.25, 0.3) is 0 Å². The largest absolute Gasteiger partial charge is 0.494 e. The summed E-state index contributed by atoms with van der Waals surface area (Å²) in [5.74, 6) is 0.178. The van der Waals surface area contributed by atoms with Gasteiger partial charge in [-0.05, 0) is 61.7 Å². The monoisotopic (exact) mass is 513 g/mol. The molecule has 1 atom stereocenters. The van der Waals surface area contributed by atoms with E-state index in [-0.39, 0.29) is 36.1 Å². The molecule has 1 saturated carbocycles. The highest BCUT2D eigenvalue weighted by molar-refractivity contribution is 7.10. The maximum absolute atomic E-state index is 12.9. The van der Waals surface area contributed by atoms with Crippen molar-refractivity contribution in [2.45, 2.75) is 44.7 Å². The molecular weight excluding hydrogens is 478 g/mol. The molecule has 36 heavy (non-hydrogen) atoms. The van der Waals surface area contributed by atoms with Crippen molar-refractivity contribution in [3.05, 3.63) is 52.2 Å². The predicted molar refractivity (Wildman–Crippen MR) is 140 cm³/mol. The van der Waals surface area contributed by atoms with Gasteiger partial charge < -0.3 is 31.4 Å². The summed E-state index contributed by atoms with van der Waals surface area (Å²) >= 11 is 1.49.